The first-order valence-electron chi connectivity index (χ1n) is 26.3. The molecule has 11 nitrogen and oxygen atoms in total. The number of ketones is 2. The Morgan fingerprint density at radius 3 is 2.12 bits per heavy atom. The van der Waals surface area contributed by atoms with E-state index in [0.29, 0.717) is 51.5 Å². The molecule has 0 aromatic rings. The van der Waals surface area contributed by atoms with E-state index in [4.69, 9.17) is 9.60 Å². The van der Waals surface area contributed by atoms with Crippen LogP contribution in [0.15, 0.2) is 0 Å². The molecule has 0 radical (unpaired) electrons. The van der Waals surface area contributed by atoms with E-state index in [2.05, 4.69) is 23.9 Å². The fourth-order valence-electron chi connectivity index (χ4n) is 12.8. The molecule has 59 heavy (non-hydrogen) atoms. The molecule has 7 aliphatic rings. The van der Waals surface area contributed by atoms with E-state index in [0.717, 1.165) is 38.5 Å². The highest BCUT2D eigenvalue weighted by Gasteiger charge is 2.85. The van der Waals surface area contributed by atoms with Crippen molar-refractivity contribution in [3.8, 4) is 0 Å². The molecule has 12 heteroatoms. The number of hydrogen-bond donors (Lipinski definition) is 2. The van der Waals surface area contributed by atoms with Crippen molar-refractivity contribution in [3.05, 3.63) is 0 Å². The molecule has 5 saturated carbocycles. The molecule has 2 heterocycles. The van der Waals surface area contributed by atoms with Crippen LogP contribution in [-0.4, -0.2) is 89.5 Å². The van der Waals surface area contributed by atoms with Crippen LogP contribution >= 0.6 is 0 Å². The van der Waals surface area contributed by atoms with Crippen molar-refractivity contribution in [2.45, 2.75) is 207 Å². The van der Waals surface area contributed by atoms with Crippen LogP contribution in [0.2, 0.25) is 0 Å². The number of fused-ring (bicyclic) bond motifs is 1. The monoisotopic (exact) mass is 848 g/mol. The SMILES string of the molecule is [2H]C([2H])([2H])C([2H])(C)N1CCCC[C@H]1C(=O)N[C@H](C(=O)C[C@H](C(=O)N1C[C@]2(C[C@H]1C(=O)C[C@]1(C(=O)NS(=O)(=O)C3(C([2H])([2H])[2H])CC3)C[C@H]1CC)C(C)(C)C21CCC1)C(C)(C)C)C1CCCCC1. The van der Waals surface area contributed by atoms with E-state index in [9.17, 15) is 22.8 Å². The molecule has 1 unspecified atom stereocenters. The molecule has 0 aromatic heterocycles. The molecular weight excluding hydrogens is 765 g/mol. The summed E-state index contributed by atoms with van der Waals surface area (Å²) in [5, 5.41) is 3.06. The molecular formula is C47H76N4O7S. The standard InChI is InChI=1S/C47H76N4O7S/c1-10-32-26-45(32,41(56)49-59(57,58)44(9)22-23-44)28-37(53)35-27-47(43(7,8)46(47)20-16-21-46)29-51(35)40(55)33(42(4,5)6)25-36(52)38(31-17-12-11-13-18-31)48-39(54)34-19-14-15-24-50(34)30(2)3/h30-35,38H,10-29H2,1-9H3,(H,48,54)(H,49,56)/t32-,33-,34+,35+,38+,45-,47-/m1/s1/i2D3,9D3,30D/t30?,32-,33-,34+,35+,38+,45-,47-. The Balaban J connectivity index is 1.16. The maximum Gasteiger partial charge on any atom is 0.240 e. The van der Waals surface area contributed by atoms with E-state index >= 15 is 9.59 Å². The lowest BCUT2D eigenvalue weighted by Crippen LogP contribution is -2.57. The molecule has 7 rings (SSSR count). The van der Waals surface area contributed by atoms with Crippen LogP contribution in [0.25, 0.3) is 0 Å². The predicted octanol–water partition coefficient (Wildman–Crippen LogP) is 7.11. The molecule has 5 aliphatic carbocycles. The van der Waals surface area contributed by atoms with E-state index in [-0.39, 0.29) is 84.2 Å². The molecule has 2 spiro atoms. The Labute approximate surface area is 365 Å². The molecule has 0 bridgehead atoms. The zero-order chi connectivity index (χ0) is 49.1. The summed E-state index contributed by atoms with van der Waals surface area (Å²) in [5.41, 5.74) is -2.80. The van der Waals surface area contributed by atoms with Gasteiger partial charge in [-0.2, -0.15) is 0 Å². The summed E-state index contributed by atoms with van der Waals surface area (Å²) in [6, 6.07) is -4.83. The smallest absolute Gasteiger partial charge is 0.240 e. The third kappa shape index (κ3) is 7.45. The minimum Gasteiger partial charge on any atom is -0.345 e. The number of nitrogens with one attached hydrogen (secondary N) is 2. The van der Waals surface area contributed by atoms with Crippen LogP contribution in [0.5, 0.6) is 0 Å². The number of likely N-dealkylation sites (tertiary alicyclic amines) is 2. The molecule has 332 valence electrons. The lowest BCUT2D eigenvalue weighted by atomic mass is 9.73. The normalized spacial score (nSPS) is 36.4. The van der Waals surface area contributed by atoms with Gasteiger partial charge in [0.15, 0.2) is 11.6 Å². The average molecular weight is 848 g/mol. The van der Waals surface area contributed by atoms with Gasteiger partial charge in [-0.05, 0) is 119 Å². The second kappa shape index (κ2) is 15.5. The molecule has 0 aromatic carbocycles. The number of carbonyl (C=O) groups is 5. The summed E-state index contributed by atoms with van der Waals surface area (Å²) in [5.74, 6) is -3.79. The van der Waals surface area contributed by atoms with Gasteiger partial charge in [-0.1, -0.05) is 80.1 Å². The Morgan fingerprint density at radius 1 is 0.898 bits per heavy atom. The summed E-state index contributed by atoms with van der Waals surface area (Å²) < 4.78 is 84.1. The first-order chi connectivity index (χ1) is 30.3. The van der Waals surface area contributed by atoms with Crippen LogP contribution in [0.3, 0.4) is 0 Å². The van der Waals surface area contributed by atoms with E-state index in [1.54, 1.807) is 4.90 Å². The van der Waals surface area contributed by atoms with Gasteiger partial charge < -0.3 is 10.2 Å². The van der Waals surface area contributed by atoms with Gasteiger partial charge in [-0.15, -0.1) is 0 Å². The first kappa shape index (κ1) is 36.2. The Bertz CT molecular complexity index is 2070. The number of Topliss-reactive ketones (excluding diaryl/α,β-unsaturated/α-hetero) is 2. The maximum absolute atomic E-state index is 15.5. The number of carbonyl (C=O) groups excluding carboxylic acids is 5. The minimum atomic E-state index is -4.61. The third-order valence-corrected chi connectivity index (χ3v) is 19.2. The summed E-state index contributed by atoms with van der Waals surface area (Å²) in [4.78, 5) is 77.0. The van der Waals surface area contributed by atoms with Crippen molar-refractivity contribution in [1.29, 1.82) is 0 Å². The summed E-state index contributed by atoms with van der Waals surface area (Å²) in [7, 11) is -4.61. The number of sulfonamides is 1. The van der Waals surface area contributed by atoms with Crippen molar-refractivity contribution >= 4 is 39.3 Å². The van der Waals surface area contributed by atoms with Gasteiger partial charge in [0.2, 0.25) is 27.7 Å². The first-order valence-corrected chi connectivity index (χ1v) is 24.3. The fourth-order valence-corrected chi connectivity index (χ4v) is 14.1. The Kier molecular flexibility index (Phi) is 9.49. The zero-order valence-corrected chi connectivity index (χ0v) is 37.6. The lowest BCUT2D eigenvalue weighted by molar-refractivity contribution is -0.147. The fraction of sp³-hybridized carbons (Fsp3) is 0.894. The van der Waals surface area contributed by atoms with Gasteiger partial charge in [0.05, 0.1) is 28.3 Å². The van der Waals surface area contributed by atoms with Crippen LogP contribution in [0.4, 0.5) is 0 Å². The molecule has 8 atom stereocenters. The Morgan fingerprint density at radius 2 is 1.58 bits per heavy atom. The van der Waals surface area contributed by atoms with Gasteiger partial charge in [0.25, 0.3) is 0 Å². The summed E-state index contributed by atoms with van der Waals surface area (Å²) >= 11 is 0. The Hall–Kier alpha value is -2.34. The van der Waals surface area contributed by atoms with Crippen molar-refractivity contribution in [1.82, 2.24) is 19.8 Å². The molecule has 2 N–H and O–H groups in total. The number of nitrogens with zero attached hydrogens (tertiary/aromatic N) is 2. The lowest BCUT2D eigenvalue weighted by Gasteiger charge is -2.40. The third-order valence-electron chi connectivity index (χ3n) is 17.3. The average Bonchev–Trinajstić information content (AvgIpc) is 4.15. The van der Waals surface area contributed by atoms with E-state index in [1.807, 2.05) is 27.7 Å². The second-order valence-electron chi connectivity index (χ2n) is 21.6. The zero-order valence-electron chi connectivity index (χ0n) is 43.8. The molecule has 3 amide bonds. The van der Waals surface area contributed by atoms with Gasteiger partial charge in [0, 0.05) is 46.3 Å². The largest absolute Gasteiger partial charge is 0.345 e. The summed E-state index contributed by atoms with van der Waals surface area (Å²) in [6.45, 7) is 8.27. The van der Waals surface area contributed by atoms with Gasteiger partial charge in [-0.3, -0.25) is 33.6 Å². The van der Waals surface area contributed by atoms with Crippen LogP contribution in [0, 0.1) is 44.8 Å². The number of piperidine rings is 1. The highest BCUT2D eigenvalue weighted by Crippen LogP contribution is 2.88. The van der Waals surface area contributed by atoms with Crippen molar-refractivity contribution in [3.63, 3.8) is 0 Å². The highest BCUT2D eigenvalue weighted by molar-refractivity contribution is 7.91. The quantitative estimate of drug-likeness (QED) is 0.177. The van der Waals surface area contributed by atoms with Gasteiger partial charge >= 0.3 is 0 Å². The van der Waals surface area contributed by atoms with Gasteiger partial charge in [-0.25, -0.2) is 8.42 Å². The number of hydrogen-bond acceptors (Lipinski definition) is 8. The van der Waals surface area contributed by atoms with E-state index in [1.165, 1.54) is 11.8 Å². The summed E-state index contributed by atoms with van der Waals surface area (Å²) in [6.07, 6.45) is 9.13. The highest BCUT2D eigenvalue weighted by atomic mass is 32.2. The van der Waals surface area contributed by atoms with Crippen LogP contribution in [-0.2, 0) is 34.0 Å². The van der Waals surface area contributed by atoms with Crippen molar-refractivity contribution in [2.75, 3.05) is 13.1 Å². The predicted molar refractivity (Wildman–Crippen MR) is 228 cm³/mol. The molecule has 2 saturated heterocycles. The molecule has 2 aliphatic heterocycles. The van der Waals surface area contributed by atoms with E-state index < -0.39 is 81.2 Å². The minimum absolute atomic E-state index is 0.0683. The second-order valence-corrected chi connectivity index (χ2v) is 23.6. The molecule has 7 fully saturated rings. The van der Waals surface area contributed by atoms with Crippen molar-refractivity contribution < 1.29 is 42.0 Å². The number of rotatable bonds is 15. The van der Waals surface area contributed by atoms with Crippen molar-refractivity contribution in [2.24, 2.45) is 44.8 Å². The maximum atomic E-state index is 15.5. The topological polar surface area (TPSA) is 150 Å². The van der Waals surface area contributed by atoms with Gasteiger partial charge in [0.1, 0.15) is 0 Å². The van der Waals surface area contributed by atoms with Crippen LogP contribution in [0.1, 0.15) is 187 Å². The number of amides is 3. The van der Waals surface area contributed by atoms with Crippen LogP contribution < -0.4 is 10.0 Å².